The van der Waals surface area contributed by atoms with E-state index in [4.69, 9.17) is 9.47 Å². The number of imide groups is 1. The number of para-hydroxylation sites is 1. The van der Waals surface area contributed by atoms with E-state index in [9.17, 15) is 9.59 Å². The van der Waals surface area contributed by atoms with Crippen LogP contribution in [0.4, 0.5) is 5.69 Å². The third-order valence-electron chi connectivity index (χ3n) is 4.24. The predicted molar refractivity (Wildman–Crippen MR) is 104 cm³/mol. The summed E-state index contributed by atoms with van der Waals surface area (Å²) in [4.78, 5) is 26.5. The third kappa shape index (κ3) is 3.65. The van der Waals surface area contributed by atoms with Crippen LogP contribution in [0.1, 0.15) is 18.9 Å². The number of hydrogen-bond acceptors (Lipinski definition) is 5. The lowest BCUT2D eigenvalue weighted by atomic mass is 10.0. The molecule has 2 aromatic carbocycles. The zero-order valence-electron chi connectivity index (χ0n) is 15.6. The fraction of sp³-hybridized carbons (Fsp3) is 0.238. The van der Waals surface area contributed by atoms with E-state index in [0.29, 0.717) is 34.9 Å². The van der Waals surface area contributed by atoms with Gasteiger partial charge in [0.05, 0.1) is 19.3 Å². The minimum Gasteiger partial charge on any atom is -0.496 e. The van der Waals surface area contributed by atoms with Crippen LogP contribution in [0, 0.1) is 0 Å². The first-order valence-electron chi connectivity index (χ1n) is 8.76. The Hall–Kier alpha value is -3.28. The Kier molecular flexibility index (Phi) is 5.45. The van der Waals surface area contributed by atoms with Crippen molar-refractivity contribution in [3.8, 4) is 11.5 Å². The molecule has 140 valence electrons. The van der Waals surface area contributed by atoms with Gasteiger partial charge in [-0.05, 0) is 24.6 Å². The predicted octanol–water partition coefficient (Wildman–Crippen LogP) is 3.31. The quantitative estimate of drug-likeness (QED) is 0.762. The topological polar surface area (TPSA) is 67.9 Å². The molecular formula is C21H22N2O4. The molecule has 0 radical (unpaired) electrons. The average molecular weight is 366 g/mol. The van der Waals surface area contributed by atoms with Gasteiger partial charge in [-0.2, -0.15) is 0 Å². The largest absolute Gasteiger partial charge is 0.496 e. The molecule has 1 N–H and O–H groups in total. The average Bonchev–Trinajstić information content (AvgIpc) is 2.90. The van der Waals surface area contributed by atoms with E-state index in [2.05, 4.69) is 5.32 Å². The highest BCUT2D eigenvalue weighted by Crippen LogP contribution is 2.34. The number of amides is 2. The molecule has 2 amide bonds. The van der Waals surface area contributed by atoms with Crippen molar-refractivity contribution in [2.75, 3.05) is 26.1 Å². The summed E-state index contributed by atoms with van der Waals surface area (Å²) in [5, 5.41) is 3.10. The molecule has 6 nitrogen and oxygen atoms in total. The van der Waals surface area contributed by atoms with E-state index in [0.717, 1.165) is 11.3 Å². The molecule has 6 heteroatoms. The van der Waals surface area contributed by atoms with E-state index in [1.54, 1.807) is 24.3 Å². The molecule has 0 saturated heterocycles. The number of nitrogens with zero attached hydrogens (tertiary/aromatic N) is 1. The van der Waals surface area contributed by atoms with Gasteiger partial charge in [0.2, 0.25) is 0 Å². The molecule has 0 bridgehead atoms. The van der Waals surface area contributed by atoms with E-state index in [-0.39, 0.29) is 17.5 Å². The van der Waals surface area contributed by atoms with Crippen LogP contribution in [0.3, 0.4) is 0 Å². The first-order chi connectivity index (χ1) is 13.1. The molecule has 1 aliphatic rings. The molecule has 0 unspecified atom stereocenters. The summed E-state index contributed by atoms with van der Waals surface area (Å²) in [6.45, 7) is 2.64. The van der Waals surface area contributed by atoms with Gasteiger partial charge in [-0.25, -0.2) is 0 Å². The van der Waals surface area contributed by atoms with Crippen molar-refractivity contribution >= 4 is 23.1 Å². The number of anilines is 1. The van der Waals surface area contributed by atoms with Gasteiger partial charge in [0, 0.05) is 24.4 Å². The minimum absolute atomic E-state index is 0.222. The first-order valence-corrected chi connectivity index (χ1v) is 8.76. The lowest BCUT2D eigenvalue weighted by molar-refractivity contribution is -0.135. The molecule has 0 atom stereocenters. The van der Waals surface area contributed by atoms with Crippen molar-refractivity contribution in [2.24, 2.45) is 0 Å². The monoisotopic (exact) mass is 366 g/mol. The molecule has 2 aromatic rings. The number of hydrogen-bond donors (Lipinski definition) is 1. The molecule has 0 aliphatic carbocycles. The number of carbonyl (C=O) groups is 2. The van der Waals surface area contributed by atoms with Gasteiger partial charge in [-0.1, -0.05) is 31.2 Å². The van der Waals surface area contributed by atoms with Crippen LogP contribution in [-0.2, 0) is 9.59 Å². The Bertz CT molecular complexity index is 905. The zero-order chi connectivity index (χ0) is 19.4. The van der Waals surface area contributed by atoms with Gasteiger partial charge in [0.15, 0.2) is 0 Å². The van der Waals surface area contributed by atoms with Crippen LogP contribution in [-0.4, -0.2) is 37.5 Å². The Morgan fingerprint density at radius 1 is 1.04 bits per heavy atom. The summed E-state index contributed by atoms with van der Waals surface area (Å²) >= 11 is 0. The minimum atomic E-state index is -0.388. The highest BCUT2D eigenvalue weighted by atomic mass is 16.5. The van der Waals surface area contributed by atoms with Crippen molar-refractivity contribution in [2.45, 2.75) is 13.3 Å². The summed E-state index contributed by atoms with van der Waals surface area (Å²) in [5.74, 6) is 0.473. The molecule has 27 heavy (non-hydrogen) atoms. The van der Waals surface area contributed by atoms with Crippen molar-refractivity contribution in [1.82, 2.24) is 4.90 Å². The van der Waals surface area contributed by atoms with Crippen LogP contribution in [0.25, 0.3) is 5.57 Å². The fourth-order valence-electron chi connectivity index (χ4n) is 2.89. The SMILES string of the molecule is CCCOc1cccc(NC2=C(c3ccccc3OC)C(=O)N(C)C2=O)c1. The van der Waals surface area contributed by atoms with E-state index < -0.39 is 0 Å². The van der Waals surface area contributed by atoms with E-state index in [1.165, 1.54) is 14.2 Å². The maximum absolute atomic E-state index is 12.7. The summed E-state index contributed by atoms with van der Waals surface area (Å²) in [7, 11) is 3.00. The van der Waals surface area contributed by atoms with Crippen LogP contribution in [0.2, 0.25) is 0 Å². The highest BCUT2D eigenvalue weighted by molar-refractivity contribution is 6.36. The summed E-state index contributed by atoms with van der Waals surface area (Å²) in [6.07, 6.45) is 0.901. The van der Waals surface area contributed by atoms with Crippen molar-refractivity contribution < 1.29 is 19.1 Å². The smallest absolute Gasteiger partial charge is 0.277 e. The normalized spacial score (nSPS) is 14.0. The van der Waals surface area contributed by atoms with Gasteiger partial charge in [-0.3, -0.25) is 14.5 Å². The Balaban J connectivity index is 2.03. The Morgan fingerprint density at radius 2 is 1.81 bits per heavy atom. The van der Waals surface area contributed by atoms with Gasteiger partial charge >= 0.3 is 0 Å². The van der Waals surface area contributed by atoms with Crippen molar-refractivity contribution in [3.05, 3.63) is 59.8 Å². The molecule has 0 fully saturated rings. The molecule has 0 spiro atoms. The van der Waals surface area contributed by atoms with Gasteiger partial charge in [-0.15, -0.1) is 0 Å². The molecule has 1 aliphatic heterocycles. The van der Waals surface area contributed by atoms with Crippen LogP contribution < -0.4 is 14.8 Å². The van der Waals surface area contributed by atoms with Crippen LogP contribution in [0.15, 0.2) is 54.2 Å². The second kappa shape index (κ2) is 7.95. The van der Waals surface area contributed by atoms with Crippen molar-refractivity contribution in [3.63, 3.8) is 0 Å². The number of carbonyl (C=O) groups excluding carboxylic acids is 2. The first kappa shape index (κ1) is 18.5. The summed E-state index contributed by atoms with van der Waals surface area (Å²) < 4.78 is 11.0. The van der Waals surface area contributed by atoms with Gasteiger partial charge in [0.1, 0.15) is 17.2 Å². The Morgan fingerprint density at radius 3 is 2.56 bits per heavy atom. The maximum atomic E-state index is 12.7. The molecular weight excluding hydrogens is 344 g/mol. The third-order valence-corrected chi connectivity index (χ3v) is 4.24. The Labute approximate surface area is 158 Å². The molecule has 3 rings (SSSR count). The number of likely N-dealkylation sites (N-methyl/N-ethyl adjacent to an activating group) is 1. The number of rotatable bonds is 7. The zero-order valence-corrected chi connectivity index (χ0v) is 15.6. The standard InChI is InChI=1S/C21H22N2O4/c1-4-12-27-15-9-7-8-14(13-15)22-19-18(20(24)23(2)21(19)25)16-10-5-6-11-17(16)26-3/h5-11,13,22H,4,12H2,1-3H3. The molecule has 1 heterocycles. The second-order valence-electron chi connectivity index (χ2n) is 6.12. The summed E-state index contributed by atoms with van der Waals surface area (Å²) in [5.41, 5.74) is 1.76. The fourth-order valence-corrected chi connectivity index (χ4v) is 2.89. The molecule has 0 saturated carbocycles. The van der Waals surface area contributed by atoms with Crippen molar-refractivity contribution in [1.29, 1.82) is 0 Å². The number of benzene rings is 2. The van der Waals surface area contributed by atoms with Crippen LogP contribution >= 0.6 is 0 Å². The second-order valence-corrected chi connectivity index (χ2v) is 6.12. The molecule has 0 aromatic heterocycles. The summed E-state index contributed by atoms with van der Waals surface area (Å²) in [6, 6.07) is 14.5. The number of ether oxygens (including phenoxy) is 2. The van der Waals surface area contributed by atoms with Crippen LogP contribution in [0.5, 0.6) is 11.5 Å². The maximum Gasteiger partial charge on any atom is 0.277 e. The number of methoxy groups -OCH3 is 1. The van der Waals surface area contributed by atoms with E-state index >= 15 is 0 Å². The lowest BCUT2D eigenvalue weighted by Crippen LogP contribution is -2.27. The highest BCUT2D eigenvalue weighted by Gasteiger charge is 2.37. The van der Waals surface area contributed by atoms with E-state index in [1.807, 2.05) is 31.2 Å². The number of nitrogens with one attached hydrogen (secondary N) is 1. The van der Waals surface area contributed by atoms with Gasteiger partial charge in [0.25, 0.3) is 11.8 Å². The van der Waals surface area contributed by atoms with Gasteiger partial charge < -0.3 is 14.8 Å². The lowest BCUT2D eigenvalue weighted by Gasteiger charge is -2.12.